The lowest BCUT2D eigenvalue weighted by atomic mass is 9.89. The van der Waals surface area contributed by atoms with Gasteiger partial charge >= 0.3 is 0 Å². The van der Waals surface area contributed by atoms with Gasteiger partial charge in [-0.1, -0.05) is 91.0 Å². The number of rotatable bonds is 3. The Bertz CT molecular complexity index is 1670. The summed E-state index contributed by atoms with van der Waals surface area (Å²) in [6, 6.07) is 37.4. The first-order valence-corrected chi connectivity index (χ1v) is 11.2. The van der Waals surface area contributed by atoms with Crippen LogP contribution in [0.3, 0.4) is 0 Å². The van der Waals surface area contributed by atoms with Crippen LogP contribution in [0.2, 0.25) is 0 Å². The van der Waals surface area contributed by atoms with Gasteiger partial charge in [-0.2, -0.15) is 0 Å². The number of phenolic OH excluding ortho intramolecular Hbond substituents is 1. The van der Waals surface area contributed by atoms with Crippen LogP contribution in [0, 0.1) is 6.92 Å². The number of benzene rings is 6. The Morgan fingerprint density at radius 2 is 1.12 bits per heavy atom. The van der Waals surface area contributed by atoms with Gasteiger partial charge in [-0.3, -0.25) is 0 Å². The van der Waals surface area contributed by atoms with Crippen molar-refractivity contribution in [2.24, 2.45) is 0 Å². The van der Waals surface area contributed by atoms with E-state index >= 15 is 0 Å². The molecular weight excluding hydrogens is 402 g/mol. The van der Waals surface area contributed by atoms with Crippen molar-refractivity contribution in [1.29, 1.82) is 0 Å². The fourth-order valence-electron chi connectivity index (χ4n) is 4.84. The number of para-hydroxylation sites is 1. The summed E-state index contributed by atoms with van der Waals surface area (Å²) in [4.78, 5) is 0. The fraction of sp³-hybridized carbons (Fsp3) is 0.0323. The molecule has 2 N–H and O–H groups in total. The molecule has 2 heteroatoms. The maximum Gasteiger partial charge on any atom is 0.124 e. The Hall–Kier alpha value is -4.30. The van der Waals surface area contributed by atoms with Gasteiger partial charge < -0.3 is 10.4 Å². The summed E-state index contributed by atoms with van der Waals surface area (Å²) in [6.07, 6.45) is 0. The molecule has 6 aromatic carbocycles. The molecule has 33 heavy (non-hydrogen) atoms. The lowest BCUT2D eigenvalue weighted by Gasteiger charge is -2.20. The molecule has 0 saturated carbocycles. The number of anilines is 2. The van der Waals surface area contributed by atoms with Gasteiger partial charge in [0.1, 0.15) is 5.75 Å². The van der Waals surface area contributed by atoms with E-state index in [0.29, 0.717) is 0 Å². The van der Waals surface area contributed by atoms with E-state index in [-0.39, 0.29) is 5.75 Å². The van der Waals surface area contributed by atoms with E-state index in [4.69, 9.17) is 0 Å². The van der Waals surface area contributed by atoms with Crippen molar-refractivity contribution in [3.05, 3.63) is 115 Å². The van der Waals surface area contributed by atoms with Gasteiger partial charge in [0, 0.05) is 27.9 Å². The van der Waals surface area contributed by atoms with E-state index in [0.717, 1.165) is 54.8 Å². The lowest BCUT2D eigenvalue weighted by Crippen LogP contribution is -1.97. The summed E-state index contributed by atoms with van der Waals surface area (Å²) in [5.41, 5.74) is 5.06. The molecule has 0 atom stereocenters. The highest BCUT2D eigenvalue weighted by molar-refractivity contribution is 6.20. The third kappa shape index (κ3) is 3.19. The van der Waals surface area contributed by atoms with Crippen LogP contribution < -0.4 is 5.32 Å². The summed E-state index contributed by atoms with van der Waals surface area (Å²) in [5.74, 6) is 0.281. The standard InChI is InChI=1S/C31H23NO/c1-20-8-2-7-13-26(20)32-27-18-16-22-10-4-6-12-25(22)30(27)31-28(33)19-17-23-15-14-21-9-3-5-11-24(21)29(23)31/h2-19,32-33H,1H3. The largest absolute Gasteiger partial charge is 0.507 e. The van der Waals surface area contributed by atoms with Gasteiger partial charge in [0.15, 0.2) is 0 Å². The molecule has 0 radical (unpaired) electrons. The Kier molecular flexibility index (Phi) is 4.51. The van der Waals surface area contributed by atoms with Crippen molar-refractivity contribution in [1.82, 2.24) is 0 Å². The van der Waals surface area contributed by atoms with E-state index in [1.165, 1.54) is 5.56 Å². The highest BCUT2D eigenvalue weighted by Gasteiger charge is 2.19. The summed E-state index contributed by atoms with van der Waals surface area (Å²) < 4.78 is 0. The van der Waals surface area contributed by atoms with Crippen LogP contribution in [0.4, 0.5) is 11.4 Å². The SMILES string of the molecule is Cc1ccccc1Nc1ccc2ccccc2c1-c1c(O)ccc2ccc3ccccc3c12. The number of fused-ring (bicyclic) bond motifs is 4. The van der Waals surface area contributed by atoms with Crippen LogP contribution in [0.5, 0.6) is 5.75 Å². The van der Waals surface area contributed by atoms with Gasteiger partial charge in [-0.25, -0.2) is 0 Å². The maximum absolute atomic E-state index is 11.3. The summed E-state index contributed by atoms with van der Waals surface area (Å²) >= 11 is 0. The molecular formula is C31H23NO. The van der Waals surface area contributed by atoms with Crippen molar-refractivity contribution >= 4 is 43.7 Å². The molecule has 0 bridgehead atoms. The van der Waals surface area contributed by atoms with Gasteiger partial charge in [0.2, 0.25) is 0 Å². The molecule has 0 aromatic heterocycles. The van der Waals surface area contributed by atoms with Crippen LogP contribution in [0.15, 0.2) is 109 Å². The van der Waals surface area contributed by atoms with Crippen molar-refractivity contribution in [2.75, 3.05) is 5.32 Å². The topological polar surface area (TPSA) is 32.3 Å². The Balaban J connectivity index is 1.75. The quantitative estimate of drug-likeness (QED) is 0.278. The molecule has 0 unspecified atom stereocenters. The summed E-state index contributed by atoms with van der Waals surface area (Å²) in [5, 5.41) is 21.7. The highest BCUT2D eigenvalue weighted by atomic mass is 16.3. The first-order valence-electron chi connectivity index (χ1n) is 11.2. The molecule has 6 aromatic rings. The van der Waals surface area contributed by atoms with Crippen molar-refractivity contribution in [3.8, 4) is 16.9 Å². The summed E-state index contributed by atoms with van der Waals surface area (Å²) in [7, 11) is 0. The third-order valence-corrected chi connectivity index (χ3v) is 6.48. The Morgan fingerprint density at radius 3 is 1.94 bits per heavy atom. The number of aromatic hydroxyl groups is 1. The molecule has 0 saturated heterocycles. The second-order valence-corrected chi connectivity index (χ2v) is 8.49. The smallest absolute Gasteiger partial charge is 0.124 e. The number of phenols is 1. The van der Waals surface area contributed by atoms with Crippen LogP contribution in [-0.2, 0) is 0 Å². The van der Waals surface area contributed by atoms with Crippen LogP contribution in [-0.4, -0.2) is 5.11 Å². The normalized spacial score (nSPS) is 11.3. The number of hydrogen-bond donors (Lipinski definition) is 2. The van der Waals surface area contributed by atoms with Crippen molar-refractivity contribution in [2.45, 2.75) is 6.92 Å². The molecule has 2 nitrogen and oxygen atoms in total. The lowest BCUT2D eigenvalue weighted by molar-refractivity contribution is 0.478. The average molecular weight is 426 g/mol. The molecule has 0 heterocycles. The maximum atomic E-state index is 11.3. The second-order valence-electron chi connectivity index (χ2n) is 8.49. The monoisotopic (exact) mass is 425 g/mol. The minimum Gasteiger partial charge on any atom is -0.507 e. The first-order chi connectivity index (χ1) is 16.2. The van der Waals surface area contributed by atoms with Gasteiger partial charge in [0.05, 0.1) is 0 Å². The molecule has 0 amide bonds. The van der Waals surface area contributed by atoms with Crippen LogP contribution in [0.25, 0.3) is 43.4 Å². The Labute approximate surface area is 192 Å². The molecule has 0 aliphatic heterocycles. The zero-order chi connectivity index (χ0) is 22.4. The predicted octanol–water partition coefficient (Wildman–Crippen LogP) is 8.57. The molecule has 0 aliphatic rings. The number of hydrogen-bond acceptors (Lipinski definition) is 2. The van der Waals surface area contributed by atoms with Gasteiger partial charge in [-0.05, 0) is 57.6 Å². The fourth-order valence-corrected chi connectivity index (χ4v) is 4.84. The second kappa shape index (κ2) is 7.68. The van der Waals surface area contributed by atoms with Crippen LogP contribution in [0.1, 0.15) is 5.56 Å². The van der Waals surface area contributed by atoms with E-state index in [9.17, 15) is 5.11 Å². The molecule has 0 fully saturated rings. The molecule has 0 aliphatic carbocycles. The summed E-state index contributed by atoms with van der Waals surface area (Å²) in [6.45, 7) is 2.10. The Morgan fingerprint density at radius 1 is 0.515 bits per heavy atom. The van der Waals surface area contributed by atoms with Crippen molar-refractivity contribution in [3.63, 3.8) is 0 Å². The molecule has 6 rings (SSSR count). The zero-order valence-corrected chi connectivity index (χ0v) is 18.3. The van der Waals surface area contributed by atoms with E-state index in [1.54, 1.807) is 0 Å². The van der Waals surface area contributed by atoms with Crippen LogP contribution >= 0.6 is 0 Å². The van der Waals surface area contributed by atoms with E-state index < -0.39 is 0 Å². The highest BCUT2D eigenvalue weighted by Crippen LogP contribution is 2.46. The average Bonchev–Trinajstić information content (AvgIpc) is 2.85. The minimum atomic E-state index is 0.281. The predicted molar refractivity (Wildman–Crippen MR) is 141 cm³/mol. The molecule has 0 spiro atoms. The van der Waals surface area contributed by atoms with Crippen molar-refractivity contribution < 1.29 is 5.11 Å². The number of aryl methyl sites for hydroxylation is 1. The molecule has 158 valence electrons. The minimum absolute atomic E-state index is 0.281. The van der Waals surface area contributed by atoms with Gasteiger partial charge in [-0.15, -0.1) is 0 Å². The first kappa shape index (κ1) is 19.4. The van der Waals surface area contributed by atoms with E-state index in [1.807, 2.05) is 24.3 Å². The number of nitrogens with one attached hydrogen (secondary N) is 1. The van der Waals surface area contributed by atoms with E-state index in [2.05, 4.69) is 97.2 Å². The zero-order valence-electron chi connectivity index (χ0n) is 18.3. The van der Waals surface area contributed by atoms with Gasteiger partial charge in [0.25, 0.3) is 0 Å². The third-order valence-electron chi connectivity index (χ3n) is 6.48.